The lowest BCUT2D eigenvalue weighted by atomic mass is 10.2. The Bertz CT molecular complexity index is 777. The first-order valence-corrected chi connectivity index (χ1v) is 8.99. The van der Waals surface area contributed by atoms with Crippen molar-refractivity contribution in [2.75, 3.05) is 13.2 Å². The number of carbonyl (C=O) groups is 1. The highest BCUT2D eigenvalue weighted by molar-refractivity contribution is 7.80. The Balaban J connectivity index is 1.58. The number of thiocarbonyl (C=S) groups is 1. The van der Waals surface area contributed by atoms with Gasteiger partial charge in [0.15, 0.2) is 5.11 Å². The molecule has 9 heteroatoms. The van der Waals surface area contributed by atoms with Crippen LogP contribution in [-0.2, 0) is 4.74 Å². The Morgan fingerprint density at radius 1 is 1.46 bits per heavy atom. The molecule has 0 spiro atoms. The number of thiophene rings is 1. The fourth-order valence-electron chi connectivity index (χ4n) is 2.44. The molecule has 0 radical (unpaired) electrons. The Morgan fingerprint density at radius 2 is 2.29 bits per heavy atom. The van der Waals surface area contributed by atoms with E-state index in [9.17, 15) is 9.18 Å². The molecule has 5 nitrogen and oxygen atoms in total. The molecule has 2 aromatic rings. The van der Waals surface area contributed by atoms with Gasteiger partial charge in [-0.15, -0.1) is 11.3 Å². The third kappa shape index (κ3) is 3.77. The highest BCUT2D eigenvalue weighted by atomic mass is 35.5. The van der Waals surface area contributed by atoms with Gasteiger partial charge < -0.3 is 10.1 Å². The summed E-state index contributed by atoms with van der Waals surface area (Å²) in [6.07, 6.45) is 2.18. The lowest BCUT2D eigenvalue weighted by Gasteiger charge is -2.14. The van der Waals surface area contributed by atoms with Crippen molar-refractivity contribution in [1.82, 2.24) is 16.2 Å². The van der Waals surface area contributed by atoms with Crippen LogP contribution in [0.25, 0.3) is 10.1 Å². The average molecular weight is 388 g/mol. The summed E-state index contributed by atoms with van der Waals surface area (Å²) in [4.78, 5) is 12.5. The fraction of sp³-hybridized carbons (Fsp3) is 0.333. The number of amides is 1. The van der Waals surface area contributed by atoms with Crippen molar-refractivity contribution in [2.24, 2.45) is 0 Å². The zero-order valence-corrected chi connectivity index (χ0v) is 14.9. The maximum Gasteiger partial charge on any atom is 0.281 e. The SMILES string of the molecule is O=C(NNC(=S)NC[C@@H]1CCCO1)c1sc2cccc(F)c2c1Cl. The maximum absolute atomic E-state index is 13.8. The van der Waals surface area contributed by atoms with Gasteiger partial charge in [0.25, 0.3) is 5.91 Å². The first kappa shape index (κ1) is 17.3. The lowest BCUT2D eigenvalue weighted by molar-refractivity contribution is 0.0947. The third-order valence-corrected chi connectivity index (χ3v) is 5.51. The van der Waals surface area contributed by atoms with E-state index in [4.69, 9.17) is 28.6 Å². The van der Waals surface area contributed by atoms with E-state index in [2.05, 4.69) is 16.2 Å². The van der Waals surface area contributed by atoms with E-state index in [0.717, 1.165) is 30.8 Å². The van der Waals surface area contributed by atoms with Crippen molar-refractivity contribution in [3.63, 3.8) is 0 Å². The van der Waals surface area contributed by atoms with Crippen molar-refractivity contribution < 1.29 is 13.9 Å². The molecular weight excluding hydrogens is 373 g/mol. The van der Waals surface area contributed by atoms with Gasteiger partial charge >= 0.3 is 0 Å². The summed E-state index contributed by atoms with van der Waals surface area (Å²) in [5.74, 6) is -0.920. The molecule has 3 N–H and O–H groups in total. The Morgan fingerprint density at radius 3 is 3.00 bits per heavy atom. The minimum atomic E-state index is -0.470. The molecule has 1 aliphatic heterocycles. The van der Waals surface area contributed by atoms with Gasteiger partial charge in [0, 0.05) is 23.2 Å². The molecule has 0 unspecified atom stereocenters. The second kappa shape index (κ2) is 7.60. The molecule has 3 rings (SSSR count). The topological polar surface area (TPSA) is 62.4 Å². The Kier molecular flexibility index (Phi) is 5.50. The van der Waals surface area contributed by atoms with Gasteiger partial charge in [-0.2, -0.15) is 0 Å². The monoisotopic (exact) mass is 387 g/mol. The van der Waals surface area contributed by atoms with Gasteiger partial charge in [0.2, 0.25) is 0 Å². The molecule has 1 aliphatic rings. The number of benzene rings is 1. The predicted molar refractivity (Wildman–Crippen MR) is 97.0 cm³/mol. The number of carbonyl (C=O) groups excluding carboxylic acids is 1. The van der Waals surface area contributed by atoms with E-state index >= 15 is 0 Å². The average Bonchev–Trinajstić information content (AvgIpc) is 3.19. The summed E-state index contributed by atoms with van der Waals surface area (Å²) in [7, 11) is 0. The predicted octanol–water partition coefficient (Wildman–Crippen LogP) is 2.98. The Hall–Kier alpha value is -1.48. The van der Waals surface area contributed by atoms with Crippen LogP contribution in [0.4, 0.5) is 4.39 Å². The van der Waals surface area contributed by atoms with Crippen molar-refractivity contribution in [1.29, 1.82) is 0 Å². The van der Waals surface area contributed by atoms with E-state index in [1.807, 2.05) is 0 Å². The highest BCUT2D eigenvalue weighted by Gasteiger charge is 2.20. The number of halogens is 2. The Labute approximate surface area is 152 Å². The number of ether oxygens (including phenoxy) is 1. The van der Waals surface area contributed by atoms with Crippen molar-refractivity contribution in [2.45, 2.75) is 18.9 Å². The van der Waals surface area contributed by atoms with Gasteiger partial charge in [-0.1, -0.05) is 17.7 Å². The van der Waals surface area contributed by atoms with Crippen LogP contribution in [0, 0.1) is 5.82 Å². The summed E-state index contributed by atoms with van der Waals surface area (Å²) < 4.78 is 19.9. The first-order valence-electron chi connectivity index (χ1n) is 7.38. The van der Waals surface area contributed by atoms with Crippen LogP contribution < -0.4 is 16.2 Å². The molecule has 0 aliphatic carbocycles. The molecule has 128 valence electrons. The number of rotatable bonds is 3. The summed E-state index contributed by atoms with van der Waals surface area (Å²) in [6.45, 7) is 1.35. The lowest BCUT2D eigenvalue weighted by Crippen LogP contribution is -2.48. The van der Waals surface area contributed by atoms with Crippen LogP contribution in [0.1, 0.15) is 22.5 Å². The van der Waals surface area contributed by atoms with Crippen molar-refractivity contribution >= 4 is 56.3 Å². The van der Waals surface area contributed by atoms with Gasteiger partial charge in [0.05, 0.1) is 11.1 Å². The van der Waals surface area contributed by atoms with Crippen LogP contribution in [0.5, 0.6) is 0 Å². The normalized spacial score (nSPS) is 17.0. The standard InChI is InChI=1S/C15H15ClFN3O2S2/c16-12-11-9(17)4-1-5-10(11)24-13(12)14(21)19-20-15(23)18-7-8-3-2-6-22-8/h1,4-5,8H,2-3,6-7H2,(H,19,21)(H2,18,20,23)/t8-/m0/s1. The number of hydrogen-bond acceptors (Lipinski definition) is 4. The van der Waals surface area contributed by atoms with Crippen LogP contribution >= 0.6 is 35.2 Å². The molecule has 1 saturated heterocycles. The summed E-state index contributed by atoms with van der Waals surface area (Å²) in [6, 6.07) is 4.60. The zero-order valence-electron chi connectivity index (χ0n) is 12.5. The summed E-state index contributed by atoms with van der Waals surface area (Å²) in [5, 5.41) is 3.61. The number of hydrazine groups is 1. The van der Waals surface area contributed by atoms with E-state index in [-0.39, 0.29) is 26.5 Å². The van der Waals surface area contributed by atoms with Gasteiger partial charge in [-0.05, 0) is 37.2 Å². The van der Waals surface area contributed by atoms with Crippen LogP contribution in [0.2, 0.25) is 5.02 Å². The van der Waals surface area contributed by atoms with E-state index in [1.54, 1.807) is 12.1 Å². The molecule has 0 saturated carbocycles. The molecule has 0 bridgehead atoms. The highest BCUT2D eigenvalue weighted by Crippen LogP contribution is 2.36. The maximum atomic E-state index is 13.8. The van der Waals surface area contributed by atoms with Crippen LogP contribution in [0.3, 0.4) is 0 Å². The molecule has 1 fully saturated rings. The number of nitrogens with one attached hydrogen (secondary N) is 3. The molecule has 1 aromatic heterocycles. The number of fused-ring (bicyclic) bond motifs is 1. The first-order chi connectivity index (χ1) is 11.6. The quantitative estimate of drug-likeness (QED) is 0.558. The van der Waals surface area contributed by atoms with Crippen molar-refractivity contribution in [3.05, 3.63) is 33.9 Å². The summed E-state index contributed by atoms with van der Waals surface area (Å²) >= 11 is 12.4. The van der Waals surface area contributed by atoms with Crippen molar-refractivity contribution in [3.8, 4) is 0 Å². The molecule has 1 atom stereocenters. The molecular formula is C15H15ClFN3O2S2. The van der Waals surface area contributed by atoms with Crippen LogP contribution in [0.15, 0.2) is 18.2 Å². The summed E-state index contributed by atoms with van der Waals surface area (Å²) in [5.41, 5.74) is 5.08. The van der Waals surface area contributed by atoms with Crippen LogP contribution in [-0.4, -0.2) is 30.3 Å². The molecule has 24 heavy (non-hydrogen) atoms. The number of hydrogen-bond donors (Lipinski definition) is 3. The van der Waals surface area contributed by atoms with Gasteiger partial charge in [0.1, 0.15) is 10.7 Å². The molecule has 1 amide bonds. The largest absolute Gasteiger partial charge is 0.376 e. The second-order valence-electron chi connectivity index (χ2n) is 5.28. The third-order valence-electron chi connectivity index (χ3n) is 3.62. The van der Waals surface area contributed by atoms with E-state index < -0.39 is 11.7 Å². The van der Waals surface area contributed by atoms with E-state index in [1.165, 1.54) is 6.07 Å². The fourth-order valence-corrected chi connectivity index (χ4v) is 4.03. The van der Waals surface area contributed by atoms with Gasteiger partial charge in [-0.25, -0.2) is 4.39 Å². The molecule has 2 heterocycles. The smallest absolute Gasteiger partial charge is 0.281 e. The van der Waals surface area contributed by atoms with E-state index in [0.29, 0.717) is 11.2 Å². The zero-order chi connectivity index (χ0) is 17.1. The van der Waals surface area contributed by atoms with Gasteiger partial charge in [-0.3, -0.25) is 15.6 Å². The second-order valence-corrected chi connectivity index (χ2v) is 7.12. The minimum absolute atomic E-state index is 0.102. The molecule has 1 aromatic carbocycles. The minimum Gasteiger partial charge on any atom is -0.376 e.